The molecule has 2 fully saturated rings. The third kappa shape index (κ3) is 2.77. The van der Waals surface area contributed by atoms with Crippen LogP contribution in [0.15, 0.2) is 24.3 Å². The van der Waals surface area contributed by atoms with Crippen molar-refractivity contribution in [1.29, 1.82) is 0 Å². The minimum atomic E-state index is -0.0922. The molecule has 3 nitrogen and oxygen atoms in total. The maximum absolute atomic E-state index is 10.1. The van der Waals surface area contributed by atoms with Gasteiger partial charge in [0, 0.05) is 18.5 Å². The molecule has 3 heteroatoms. The molecule has 0 spiro atoms. The van der Waals surface area contributed by atoms with Crippen LogP contribution in [-0.4, -0.2) is 33.8 Å². The molecule has 1 aliphatic carbocycles. The Kier molecular flexibility index (Phi) is 3.76. The van der Waals surface area contributed by atoms with E-state index < -0.39 is 0 Å². The highest BCUT2D eigenvalue weighted by Crippen LogP contribution is 2.36. The van der Waals surface area contributed by atoms with Crippen molar-refractivity contribution in [3.63, 3.8) is 0 Å². The maximum Gasteiger partial charge on any atom is 0.115 e. The van der Waals surface area contributed by atoms with Gasteiger partial charge in [-0.25, -0.2) is 0 Å². The molecule has 104 valence electrons. The fourth-order valence-corrected chi connectivity index (χ4v) is 3.79. The van der Waals surface area contributed by atoms with E-state index in [1.807, 2.05) is 12.1 Å². The summed E-state index contributed by atoms with van der Waals surface area (Å²) in [6.45, 7) is 2.07. The first kappa shape index (κ1) is 12.9. The highest BCUT2D eigenvalue weighted by molar-refractivity contribution is 5.26. The largest absolute Gasteiger partial charge is 0.508 e. The molecular formula is C16H23NO2. The second kappa shape index (κ2) is 5.51. The van der Waals surface area contributed by atoms with Gasteiger partial charge in [-0.05, 0) is 49.9 Å². The van der Waals surface area contributed by atoms with E-state index in [-0.39, 0.29) is 6.10 Å². The molecule has 3 rings (SSSR count). The van der Waals surface area contributed by atoms with Crippen molar-refractivity contribution < 1.29 is 10.2 Å². The molecule has 3 atom stereocenters. The van der Waals surface area contributed by atoms with Gasteiger partial charge in [0.25, 0.3) is 0 Å². The third-order valence-electron chi connectivity index (χ3n) is 4.76. The Balaban J connectivity index is 1.67. The molecule has 0 amide bonds. The van der Waals surface area contributed by atoms with Crippen molar-refractivity contribution in [2.45, 2.75) is 50.8 Å². The number of hydrogen-bond donors (Lipinski definition) is 2. The number of phenolic OH excluding ortho intramolecular Hbond substituents is 1. The topological polar surface area (TPSA) is 43.7 Å². The van der Waals surface area contributed by atoms with Crippen LogP contribution in [0.2, 0.25) is 0 Å². The highest BCUT2D eigenvalue weighted by atomic mass is 16.3. The fourth-order valence-electron chi connectivity index (χ4n) is 3.79. The first-order chi connectivity index (χ1) is 9.24. The van der Waals surface area contributed by atoms with Gasteiger partial charge < -0.3 is 10.2 Å². The molecule has 0 bridgehead atoms. The summed E-state index contributed by atoms with van der Waals surface area (Å²) in [6, 6.07) is 8.05. The van der Waals surface area contributed by atoms with E-state index in [1.165, 1.54) is 31.2 Å². The number of aliphatic hydroxyl groups excluding tert-OH is 1. The molecular weight excluding hydrogens is 238 g/mol. The molecule has 1 aliphatic heterocycles. The van der Waals surface area contributed by atoms with Crippen molar-refractivity contribution in [3.8, 4) is 5.75 Å². The molecule has 0 aromatic heterocycles. The normalized spacial score (nSPS) is 31.9. The van der Waals surface area contributed by atoms with Gasteiger partial charge in [0.05, 0.1) is 6.10 Å². The van der Waals surface area contributed by atoms with Gasteiger partial charge in [-0.2, -0.15) is 0 Å². The average molecular weight is 261 g/mol. The predicted molar refractivity (Wildman–Crippen MR) is 74.9 cm³/mol. The molecule has 1 saturated carbocycles. The van der Waals surface area contributed by atoms with Crippen LogP contribution in [0.5, 0.6) is 5.75 Å². The number of likely N-dealkylation sites (tertiary alicyclic amines) is 1. The van der Waals surface area contributed by atoms with Crippen LogP contribution < -0.4 is 0 Å². The molecule has 0 radical (unpaired) electrons. The standard InChI is InChI=1S/C16H23NO2/c18-13-8-6-12(7-9-13)11-17-10-2-4-15(17)14-3-1-5-16(14)19/h6-9,14-16,18-19H,1-5,10-11H2. The summed E-state index contributed by atoms with van der Waals surface area (Å²) < 4.78 is 0. The zero-order valence-corrected chi connectivity index (χ0v) is 11.3. The predicted octanol–water partition coefficient (Wildman–Crippen LogP) is 2.52. The number of hydrogen-bond acceptors (Lipinski definition) is 3. The first-order valence-electron chi connectivity index (χ1n) is 7.44. The Morgan fingerprint density at radius 2 is 1.84 bits per heavy atom. The molecule has 19 heavy (non-hydrogen) atoms. The van der Waals surface area contributed by atoms with Crippen molar-refractivity contribution in [3.05, 3.63) is 29.8 Å². The van der Waals surface area contributed by atoms with Crippen LogP contribution in [0.25, 0.3) is 0 Å². The molecule has 1 aromatic carbocycles. The Morgan fingerprint density at radius 3 is 2.53 bits per heavy atom. The lowest BCUT2D eigenvalue weighted by atomic mass is 9.94. The summed E-state index contributed by atoms with van der Waals surface area (Å²) >= 11 is 0. The smallest absolute Gasteiger partial charge is 0.115 e. The van der Waals surface area contributed by atoms with Crippen molar-refractivity contribution >= 4 is 0 Å². The van der Waals surface area contributed by atoms with Crippen LogP contribution in [-0.2, 0) is 6.54 Å². The fraction of sp³-hybridized carbons (Fsp3) is 0.625. The zero-order chi connectivity index (χ0) is 13.2. The van der Waals surface area contributed by atoms with E-state index in [9.17, 15) is 10.2 Å². The van der Waals surface area contributed by atoms with E-state index in [0.717, 1.165) is 19.5 Å². The van der Waals surface area contributed by atoms with Gasteiger partial charge in [0.15, 0.2) is 0 Å². The van der Waals surface area contributed by atoms with E-state index in [1.54, 1.807) is 12.1 Å². The summed E-state index contributed by atoms with van der Waals surface area (Å²) in [6.07, 6.45) is 5.71. The van der Waals surface area contributed by atoms with Crippen molar-refractivity contribution in [1.82, 2.24) is 4.90 Å². The minimum absolute atomic E-state index is 0.0922. The lowest BCUT2D eigenvalue weighted by molar-refractivity contribution is 0.0719. The van der Waals surface area contributed by atoms with Gasteiger partial charge in [-0.15, -0.1) is 0 Å². The molecule has 3 unspecified atom stereocenters. The molecule has 1 aromatic rings. The SMILES string of the molecule is Oc1ccc(CN2CCCC2C2CCCC2O)cc1. The van der Waals surface area contributed by atoms with E-state index in [0.29, 0.717) is 17.7 Å². The second-order valence-corrected chi connectivity index (χ2v) is 6.01. The Hall–Kier alpha value is -1.06. The number of aromatic hydroxyl groups is 1. The number of aliphatic hydroxyl groups is 1. The van der Waals surface area contributed by atoms with Crippen molar-refractivity contribution in [2.75, 3.05) is 6.54 Å². The Bertz CT molecular complexity index is 417. The van der Waals surface area contributed by atoms with E-state index in [4.69, 9.17) is 0 Å². The van der Waals surface area contributed by atoms with Crippen molar-refractivity contribution in [2.24, 2.45) is 5.92 Å². The first-order valence-corrected chi connectivity index (χ1v) is 7.44. The van der Waals surface area contributed by atoms with Crippen LogP contribution in [0.1, 0.15) is 37.7 Å². The zero-order valence-electron chi connectivity index (χ0n) is 11.3. The average Bonchev–Trinajstić information content (AvgIpc) is 3.01. The van der Waals surface area contributed by atoms with Crippen LogP contribution in [0, 0.1) is 5.92 Å². The Morgan fingerprint density at radius 1 is 1.05 bits per heavy atom. The monoisotopic (exact) mass is 261 g/mol. The van der Waals surface area contributed by atoms with Crippen LogP contribution >= 0.6 is 0 Å². The minimum Gasteiger partial charge on any atom is -0.508 e. The van der Waals surface area contributed by atoms with Crippen LogP contribution in [0.4, 0.5) is 0 Å². The summed E-state index contributed by atoms with van der Waals surface area (Å²) in [5, 5.41) is 19.4. The molecule has 2 aliphatic rings. The van der Waals surface area contributed by atoms with Gasteiger partial charge in [-0.1, -0.05) is 18.6 Å². The number of benzene rings is 1. The highest BCUT2D eigenvalue weighted by Gasteiger charge is 2.37. The second-order valence-electron chi connectivity index (χ2n) is 6.01. The number of phenols is 1. The summed E-state index contributed by atoms with van der Waals surface area (Å²) in [5.74, 6) is 0.799. The lowest BCUT2D eigenvalue weighted by Gasteiger charge is -2.31. The Labute approximate surface area is 114 Å². The summed E-state index contributed by atoms with van der Waals surface area (Å²) in [5.41, 5.74) is 1.25. The quantitative estimate of drug-likeness (QED) is 0.878. The van der Waals surface area contributed by atoms with Gasteiger partial charge >= 0.3 is 0 Å². The molecule has 1 heterocycles. The van der Waals surface area contributed by atoms with Gasteiger partial charge in [-0.3, -0.25) is 4.90 Å². The maximum atomic E-state index is 10.1. The lowest BCUT2D eigenvalue weighted by Crippen LogP contribution is -2.38. The number of nitrogens with zero attached hydrogens (tertiary/aromatic N) is 1. The van der Waals surface area contributed by atoms with Crippen LogP contribution in [0.3, 0.4) is 0 Å². The summed E-state index contributed by atoms with van der Waals surface area (Å²) in [7, 11) is 0. The molecule has 1 saturated heterocycles. The van der Waals surface area contributed by atoms with Gasteiger partial charge in [0.1, 0.15) is 5.75 Å². The summed E-state index contributed by atoms with van der Waals surface area (Å²) in [4.78, 5) is 2.52. The van der Waals surface area contributed by atoms with E-state index in [2.05, 4.69) is 4.90 Å². The third-order valence-corrected chi connectivity index (χ3v) is 4.76. The molecule has 2 N–H and O–H groups in total. The van der Waals surface area contributed by atoms with E-state index >= 15 is 0 Å². The van der Waals surface area contributed by atoms with Gasteiger partial charge in [0.2, 0.25) is 0 Å². The number of rotatable bonds is 3.